The molecule has 0 aromatic carbocycles. The highest BCUT2D eigenvalue weighted by Gasteiger charge is 2.17. The zero-order chi connectivity index (χ0) is 11.8. The van der Waals surface area contributed by atoms with Gasteiger partial charge in [0.25, 0.3) is 0 Å². The second-order valence-corrected chi connectivity index (χ2v) is 5.55. The molecule has 0 aliphatic heterocycles. The number of hydrazine groups is 1. The van der Waals surface area contributed by atoms with Crippen LogP contribution >= 0.6 is 18.9 Å². The van der Waals surface area contributed by atoms with Gasteiger partial charge in [-0.05, 0) is 38.9 Å². The average molecular weight is 252 g/mol. The first kappa shape index (κ1) is 15.1. The van der Waals surface area contributed by atoms with Crippen LogP contribution in [0.3, 0.4) is 0 Å². The summed E-state index contributed by atoms with van der Waals surface area (Å²) in [6.07, 6.45) is 0.372. The van der Waals surface area contributed by atoms with Gasteiger partial charge in [0.15, 0.2) is 0 Å². The van der Waals surface area contributed by atoms with Crippen LogP contribution in [-0.2, 0) is 4.52 Å². The minimum Gasteiger partial charge on any atom is -0.330 e. The van der Waals surface area contributed by atoms with Gasteiger partial charge < -0.3 is 4.52 Å². The Balaban J connectivity index is 3.90. The van der Waals surface area contributed by atoms with Crippen molar-refractivity contribution in [2.45, 2.75) is 46.2 Å². The number of hydrogen-bond donors (Lipinski definition) is 1. The fraction of sp³-hybridized carbons (Fsp3) is 0.889. The molecule has 0 saturated carbocycles. The fourth-order valence-electron chi connectivity index (χ4n) is 1.12. The monoisotopic (exact) mass is 251 g/mol. The normalized spacial score (nSPS) is 13.5. The van der Waals surface area contributed by atoms with Gasteiger partial charge >= 0.3 is 0 Å². The standard InChI is InChI=1S/C9H19ClN3OP/c1-8(2)13(9(3)4)12-15(10)14-7-5-6-11/h8-9,12H,5,7H2,1-4H3. The van der Waals surface area contributed by atoms with E-state index in [1.807, 2.05) is 11.1 Å². The third kappa shape index (κ3) is 7.05. The molecule has 0 radical (unpaired) electrons. The van der Waals surface area contributed by atoms with Crippen LogP contribution in [0.15, 0.2) is 0 Å². The second kappa shape index (κ2) is 8.27. The Morgan fingerprint density at radius 3 is 2.33 bits per heavy atom. The van der Waals surface area contributed by atoms with Gasteiger partial charge in [0.2, 0.25) is 7.65 Å². The molecule has 6 heteroatoms. The largest absolute Gasteiger partial charge is 0.330 e. The Bertz CT molecular complexity index is 200. The van der Waals surface area contributed by atoms with Crippen LogP contribution < -0.4 is 5.20 Å². The van der Waals surface area contributed by atoms with Crippen LogP contribution in [0.4, 0.5) is 0 Å². The van der Waals surface area contributed by atoms with E-state index in [1.165, 1.54) is 0 Å². The first-order valence-electron chi connectivity index (χ1n) is 4.99. The Morgan fingerprint density at radius 1 is 1.40 bits per heavy atom. The van der Waals surface area contributed by atoms with Gasteiger partial charge in [0.1, 0.15) is 0 Å². The van der Waals surface area contributed by atoms with Crippen molar-refractivity contribution in [3.05, 3.63) is 0 Å². The van der Waals surface area contributed by atoms with Crippen molar-refractivity contribution >= 4 is 18.9 Å². The molecule has 1 atom stereocenters. The van der Waals surface area contributed by atoms with E-state index in [4.69, 9.17) is 21.0 Å². The van der Waals surface area contributed by atoms with E-state index in [-0.39, 0.29) is 0 Å². The summed E-state index contributed by atoms with van der Waals surface area (Å²) < 4.78 is 5.27. The molecule has 15 heavy (non-hydrogen) atoms. The van der Waals surface area contributed by atoms with E-state index in [9.17, 15) is 0 Å². The summed E-state index contributed by atoms with van der Waals surface area (Å²) in [7, 11) is -1.20. The van der Waals surface area contributed by atoms with Crippen LogP contribution in [0, 0.1) is 11.3 Å². The number of nitrogens with zero attached hydrogens (tertiary/aromatic N) is 2. The quantitative estimate of drug-likeness (QED) is 0.429. The molecule has 88 valence electrons. The molecule has 0 bridgehead atoms. The van der Waals surface area contributed by atoms with E-state index >= 15 is 0 Å². The molecular weight excluding hydrogens is 233 g/mol. The van der Waals surface area contributed by atoms with Crippen molar-refractivity contribution in [3.63, 3.8) is 0 Å². The molecule has 0 rings (SSSR count). The Hall–Kier alpha value is 0.0900. The highest BCUT2D eigenvalue weighted by atomic mass is 35.7. The van der Waals surface area contributed by atoms with E-state index in [0.29, 0.717) is 25.1 Å². The Labute approximate surface area is 98.2 Å². The summed E-state index contributed by atoms with van der Waals surface area (Å²) >= 11 is 5.98. The summed E-state index contributed by atoms with van der Waals surface area (Å²) in [5.74, 6) is 0. The molecule has 1 unspecified atom stereocenters. The molecule has 0 saturated heterocycles. The van der Waals surface area contributed by atoms with E-state index in [0.717, 1.165) is 0 Å². The second-order valence-electron chi connectivity index (χ2n) is 3.68. The number of nitrogens with one attached hydrogen (secondary N) is 1. The molecule has 0 spiro atoms. The first-order chi connectivity index (χ1) is 6.99. The lowest BCUT2D eigenvalue weighted by atomic mass is 10.3. The fourth-order valence-corrected chi connectivity index (χ4v) is 2.54. The van der Waals surface area contributed by atoms with Gasteiger partial charge in [-0.3, -0.25) is 0 Å². The van der Waals surface area contributed by atoms with Crippen molar-refractivity contribution in [2.24, 2.45) is 0 Å². The summed E-state index contributed by atoms with van der Waals surface area (Å²) in [4.78, 5) is 0. The van der Waals surface area contributed by atoms with Crippen LogP contribution in [0.5, 0.6) is 0 Å². The predicted molar refractivity (Wildman–Crippen MR) is 64.2 cm³/mol. The number of hydrogen-bond acceptors (Lipinski definition) is 4. The minimum atomic E-state index is -1.20. The zero-order valence-corrected chi connectivity index (χ0v) is 11.3. The van der Waals surface area contributed by atoms with Gasteiger partial charge in [-0.2, -0.15) is 10.5 Å². The van der Waals surface area contributed by atoms with Crippen LogP contribution in [0.2, 0.25) is 0 Å². The maximum absolute atomic E-state index is 8.34. The highest BCUT2D eigenvalue weighted by molar-refractivity contribution is 7.78. The third-order valence-corrected chi connectivity index (χ3v) is 3.04. The maximum Gasteiger partial charge on any atom is 0.218 e. The van der Waals surface area contributed by atoms with Gasteiger partial charge in [-0.25, -0.2) is 5.01 Å². The van der Waals surface area contributed by atoms with Crippen molar-refractivity contribution in [1.29, 1.82) is 5.26 Å². The van der Waals surface area contributed by atoms with E-state index < -0.39 is 7.65 Å². The third-order valence-electron chi connectivity index (χ3n) is 1.73. The molecule has 0 aliphatic carbocycles. The first-order valence-corrected chi connectivity index (χ1v) is 7.16. The van der Waals surface area contributed by atoms with E-state index in [2.05, 4.69) is 32.9 Å². The Kier molecular flexibility index (Phi) is 8.32. The number of halogens is 1. The topological polar surface area (TPSA) is 48.3 Å². The lowest BCUT2D eigenvalue weighted by Gasteiger charge is -2.32. The van der Waals surface area contributed by atoms with Crippen LogP contribution in [0.1, 0.15) is 34.1 Å². The molecule has 0 aromatic heterocycles. The van der Waals surface area contributed by atoms with Gasteiger partial charge in [0.05, 0.1) is 19.1 Å². The Morgan fingerprint density at radius 2 is 1.93 bits per heavy atom. The SMILES string of the molecule is CC(C)N(NP(Cl)OCCC#N)C(C)C. The zero-order valence-electron chi connectivity index (χ0n) is 9.70. The average Bonchev–Trinajstić information content (AvgIpc) is 2.13. The molecule has 0 aromatic rings. The number of nitriles is 1. The molecule has 0 fully saturated rings. The van der Waals surface area contributed by atoms with Gasteiger partial charge in [0, 0.05) is 12.1 Å². The molecule has 0 amide bonds. The van der Waals surface area contributed by atoms with Gasteiger partial charge in [-0.15, -0.1) is 0 Å². The summed E-state index contributed by atoms with van der Waals surface area (Å²) in [5, 5.41) is 13.5. The van der Waals surface area contributed by atoms with Crippen LogP contribution in [-0.4, -0.2) is 23.7 Å². The van der Waals surface area contributed by atoms with Crippen molar-refractivity contribution in [2.75, 3.05) is 6.61 Å². The van der Waals surface area contributed by atoms with Gasteiger partial charge in [-0.1, -0.05) is 0 Å². The lowest BCUT2D eigenvalue weighted by molar-refractivity contribution is 0.141. The minimum absolute atomic E-state index is 0.355. The summed E-state index contributed by atoms with van der Waals surface area (Å²) in [6.45, 7) is 8.72. The molecule has 0 heterocycles. The van der Waals surface area contributed by atoms with Crippen molar-refractivity contribution in [1.82, 2.24) is 10.2 Å². The molecular formula is C9H19ClN3OP. The smallest absolute Gasteiger partial charge is 0.218 e. The molecule has 1 N–H and O–H groups in total. The van der Waals surface area contributed by atoms with Crippen LogP contribution in [0.25, 0.3) is 0 Å². The molecule has 0 aliphatic rings. The van der Waals surface area contributed by atoms with Crippen molar-refractivity contribution < 1.29 is 4.52 Å². The predicted octanol–water partition coefficient (Wildman–Crippen LogP) is 3.01. The maximum atomic E-state index is 8.34. The van der Waals surface area contributed by atoms with Crippen molar-refractivity contribution in [3.8, 4) is 6.07 Å². The highest BCUT2D eigenvalue weighted by Crippen LogP contribution is 2.38. The number of rotatable bonds is 7. The lowest BCUT2D eigenvalue weighted by Crippen LogP contribution is -2.44. The van der Waals surface area contributed by atoms with E-state index in [1.54, 1.807) is 0 Å². The summed E-state index contributed by atoms with van der Waals surface area (Å²) in [6, 6.07) is 2.72. The summed E-state index contributed by atoms with van der Waals surface area (Å²) in [5.41, 5.74) is 0. The molecule has 4 nitrogen and oxygen atoms in total.